The molecule has 0 atom stereocenters. The fourth-order valence-electron chi connectivity index (χ4n) is 1.30. The predicted molar refractivity (Wildman–Crippen MR) is 58.9 cm³/mol. The Morgan fingerprint density at radius 1 is 1.29 bits per heavy atom. The molecule has 0 aliphatic heterocycles. The Morgan fingerprint density at radius 2 is 1.86 bits per heavy atom. The van der Waals surface area contributed by atoms with Crippen LogP contribution in [-0.2, 0) is 4.79 Å². The molecule has 74 valence electrons. The zero-order valence-electron chi connectivity index (χ0n) is 8.87. The van der Waals surface area contributed by atoms with Gasteiger partial charge in [-0.15, -0.1) is 0 Å². The molecular formula is C12H15NO. The first kappa shape index (κ1) is 10.5. The van der Waals surface area contributed by atoms with Crippen LogP contribution in [0.15, 0.2) is 30.8 Å². The van der Waals surface area contributed by atoms with E-state index in [9.17, 15) is 4.79 Å². The molecule has 1 rings (SSSR count). The van der Waals surface area contributed by atoms with Gasteiger partial charge in [0.2, 0.25) is 0 Å². The van der Waals surface area contributed by atoms with Crippen molar-refractivity contribution in [3.63, 3.8) is 0 Å². The number of likely N-dealkylation sites (N-methyl/N-ethyl adjacent to an activating group) is 1. The summed E-state index contributed by atoms with van der Waals surface area (Å²) in [5, 5.41) is 0. The molecule has 0 radical (unpaired) electrons. The predicted octanol–water partition coefficient (Wildman–Crippen LogP) is 2.10. The minimum absolute atomic E-state index is 0.0423. The zero-order chi connectivity index (χ0) is 10.7. The van der Waals surface area contributed by atoms with E-state index in [1.165, 1.54) is 4.90 Å². The smallest absolute Gasteiger partial charge is 0.253 e. The Balaban J connectivity index is 3.02. The Kier molecular flexibility index (Phi) is 3.07. The minimum Gasteiger partial charge on any atom is -0.345 e. The zero-order valence-corrected chi connectivity index (χ0v) is 8.87. The van der Waals surface area contributed by atoms with Gasteiger partial charge in [-0.3, -0.25) is 4.79 Å². The van der Waals surface area contributed by atoms with Crippen LogP contribution in [0.1, 0.15) is 11.1 Å². The number of carbonyl (C=O) groups excluding carboxylic acids is 1. The minimum atomic E-state index is -0.0423. The van der Waals surface area contributed by atoms with E-state index in [1.807, 2.05) is 31.2 Å². The highest BCUT2D eigenvalue weighted by molar-refractivity contribution is 6.18. The summed E-state index contributed by atoms with van der Waals surface area (Å²) in [5.74, 6) is -0.0423. The lowest BCUT2D eigenvalue weighted by atomic mass is 10.0. The van der Waals surface area contributed by atoms with E-state index >= 15 is 0 Å². The molecule has 0 saturated heterocycles. The number of nitrogens with zero attached hydrogens (tertiary/aromatic N) is 1. The van der Waals surface area contributed by atoms with Gasteiger partial charge in [0.05, 0.1) is 0 Å². The summed E-state index contributed by atoms with van der Waals surface area (Å²) in [6, 6.07) is 7.76. The van der Waals surface area contributed by atoms with Crippen molar-refractivity contribution in [2.75, 3.05) is 14.1 Å². The highest BCUT2D eigenvalue weighted by atomic mass is 16.2. The number of rotatable bonds is 2. The lowest BCUT2D eigenvalue weighted by Gasteiger charge is -2.13. The topological polar surface area (TPSA) is 20.3 Å². The molecule has 2 heteroatoms. The number of aryl methyl sites for hydroxylation is 1. The standard InChI is InChI=1S/C12H15NO/c1-9-7-5-6-8-11(9)10(2)12(14)13(3)4/h5-8H,2H2,1,3-4H3. The van der Waals surface area contributed by atoms with Gasteiger partial charge in [0.1, 0.15) is 0 Å². The second kappa shape index (κ2) is 4.09. The average Bonchev–Trinajstić information content (AvgIpc) is 2.16. The number of hydrogen-bond donors (Lipinski definition) is 0. The molecule has 0 spiro atoms. The lowest BCUT2D eigenvalue weighted by molar-refractivity contribution is -0.122. The van der Waals surface area contributed by atoms with Crippen molar-refractivity contribution in [2.45, 2.75) is 6.92 Å². The van der Waals surface area contributed by atoms with E-state index in [4.69, 9.17) is 0 Å². The maximum absolute atomic E-state index is 11.6. The molecule has 0 N–H and O–H groups in total. The van der Waals surface area contributed by atoms with Crippen molar-refractivity contribution in [1.82, 2.24) is 4.90 Å². The van der Waals surface area contributed by atoms with E-state index in [2.05, 4.69) is 6.58 Å². The Hall–Kier alpha value is -1.57. The van der Waals surface area contributed by atoms with Crippen molar-refractivity contribution in [1.29, 1.82) is 0 Å². The summed E-state index contributed by atoms with van der Waals surface area (Å²) in [4.78, 5) is 13.2. The van der Waals surface area contributed by atoms with Crippen LogP contribution in [0, 0.1) is 6.92 Å². The average molecular weight is 189 g/mol. The number of hydrogen-bond acceptors (Lipinski definition) is 1. The van der Waals surface area contributed by atoms with Crippen LogP contribution >= 0.6 is 0 Å². The van der Waals surface area contributed by atoms with Gasteiger partial charge in [-0.05, 0) is 18.1 Å². The van der Waals surface area contributed by atoms with Gasteiger partial charge >= 0.3 is 0 Å². The second-order valence-corrected chi connectivity index (χ2v) is 3.49. The summed E-state index contributed by atoms with van der Waals surface area (Å²) in [5.41, 5.74) is 2.55. The first-order valence-electron chi connectivity index (χ1n) is 4.50. The third-order valence-electron chi connectivity index (χ3n) is 2.13. The van der Waals surface area contributed by atoms with E-state index in [0.717, 1.165) is 11.1 Å². The van der Waals surface area contributed by atoms with Crippen LogP contribution in [0.25, 0.3) is 5.57 Å². The number of carbonyl (C=O) groups is 1. The summed E-state index contributed by atoms with van der Waals surface area (Å²) >= 11 is 0. The van der Waals surface area contributed by atoms with Crippen molar-refractivity contribution < 1.29 is 4.79 Å². The summed E-state index contributed by atoms with van der Waals surface area (Å²) in [7, 11) is 3.46. The van der Waals surface area contributed by atoms with Crippen molar-refractivity contribution in [3.8, 4) is 0 Å². The largest absolute Gasteiger partial charge is 0.345 e. The molecule has 14 heavy (non-hydrogen) atoms. The van der Waals surface area contributed by atoms with Crippen LogP contribution in [0.4, 0.5) is 0 Å². The van der Waals surface area contributed by atoms with Crippen LogP contribution in [0.5, 0.6) is 0 Å². The lowest BCUT2D eigenvalue weighted by Crippen LogP contribution is -2.22. The Labute approximate surface area is 84.9 Å². The Bertz CT molecular complexity index is 366. The van der Waals surface area contributed by atoms with Crippen LogP contribution in [0.2, 0.25) is 0 Å². The summed E-state index contributed by atoms with van der Waals surface area (Å²) in [6.45, 7) is 5.79. The molecule has 0 saturated carbocycles. The molecule has 0 aromatic heterocycles. The first-order chi connectivity index (χ1) is 6.54. The van der Waals surface area contributed by atoms with Crippen molar-refractivity contribution in [2.24, 2.45) is 0 Å². The summed E-state index contributed by atoms with van der Waals surface area (Å²) < 4.78 is 0. The van der Waals surface area contributed by atoms with Crippen molar-refractivity contribution >= 4 is 11.5 Å². The van der Waals surface area contributed by atoms with E-state index in [-0.39, 0.29) is 5.91 Å². The van der Waals surface area contributed by atoms with E-state index in [0.29, 0.717) is 5.57 Å². The molecule has 0 fully saturated rings. The highest BCUT2D eigenvalue weighted by Crippen LogP contribution is 2.17. The maximum Gasteiger partial charge on any atom is 0.253 e. The fraction of sp³-hybridized carbons (Fsp3) is 0.250. The highest BCUT2D eigenvalue weighted by Gasteiger charge is 2.12. The molecule has 0 aliphatic carbocycles. The quantitative estimate of drug-likeness (QED) is 0.652. The third kappa shape index (κ3) is 2.02. The second-order valence-electron chi connectivity index (χ2n) is 3.49. The molecular weight excluding hydrogens is 174 g/mol. The number of amides is 1. The van der Waals surface area contributed by atoms with Crippen LogP contribution in [-0.4, -0.2) is 24.9 Å². The van der Waals surface area contributed by atoms with Gasteiger partial charge in [0.25, 0.3) is 5.91 Å². The Morgan fingerprint density at radius 3 is 2.36 bits per heavy atom. The summed E-state index contributed by atoms with van der Waals surface area (Å²) in [6.07, 6.45) is 0. The van der Waals surface area contributed by atoms with Gasteiger partial charge in [-0.2, -0.15) is 0 Å². The van der Waals surface area contributed by atoms with Gasteiger partial charge in [0.15, 0.2) is 0 Å². The molecule has 1 aromatic carbocycles. The molecule has 1 amide bonds. The van der Waals surface area contributed by atoms with Gasteiger partial charge in [-0.25, -0.2) is 0 Å². The molecule has 0 heterocycles. The van der Waals surface area contributed by atoms with Gasteiger partial charge in [0, 0.05) is 19.7 Å². The molecule has 0 aliphatic rings. The van der Waals surface area contributed by atoms with Crippen LogP contribution in [0.3, 0.4) is 0 Å². The number of benzene rings is 1. The molecule has 0 unspecified atom stereocenters. The van der Waals surface area contributed by atoms with Gasteiger partial charge < -0.3 is 4.90 Å². The molecule has 2 nitrogen and oxygen atoms in total. The van der Waals surface area contributed by atoms with E-state index < -0.39 is 0 Å². The molecule has 1 aromatic rings. The van der Waals surface area contributed by atoms with Crippen LogP contribution < -0.4 is 0 Å². The van der Waals surface area contributed by atoms with E-state index in [1.54, 1.807) is 14.1 Å². The fourth-order valence-corrected chi connectivity index (χ4v) is 1.30. The first-order valence-corrected chi connectivity index (χ1v) is 4.50. The SMILES string of the molecule is C=C(C(=O)N(C)C)c1ccccc1C. The van der Waals surface area contributed by atoms with Gasteiger partial charge in [-0.1, -0.05) is 30.8 Å². The third-order valence-corrected chi connectivity index (χ3v) is 2.13. The monoisotopic (exact) mass is 189 g/mol. The molecule has 0 bridgehead atoms. The van der Waals surface area contributed by atoms with Crippen molar-refractivity contribution in [3.05, 3.63) is 42.0 Å². The normalized spacial score (nSPS) is 9.64. The maximum atomic E-state index is 11.6.